The number of amides is 1. The second-order valence-electron chi connectivity index (χ2n) is 3.03. The van der Waals surface area contributed by atoms with Gasteiger partial charge in [0.05, 0.1) is 12.9 Å². The Morgan fingerprint density at radius 2 is 2.38 bits per heavy atom. The van der Waals surface area contributed by atoms with Crippen LogP contribution in [-0.2, 0) is 0 Å². The number of nitrogens with one attached hydrogen (secondary N) is 1. The number of hydrogen-bond acceptors (Lipinski definition) is 5. The minimum Gasteiger partial charge on any atom is -0.461 e. The summed E-state index contributed by atoms with van der Waals surface area (Å²) in [6, 6.07) is 4.89. The minimum atomic E-state index is -0.393. The molecular weight excluding hydrogens is 212 g/mol. The summed E-state index contributed by atoms with van der Waals surface area (Å²) in [6.07, 6.45) is 1.50. The van der Waals surface area contributed by atoms with Crippen molar-refractivity contribution in [3.8, 4) is 11.5 Å². The highest BCUT2D eigenvalue weighted by atomic mass is 16.5. The Balaban J connectivity index is 2.11. The predicted molar refractivity (Wildman–Crippen MR) is 53.6 cm³/mol. The molecule has 2 aromatic rings. The molecule has 0 aliphatic heterocycles. The highest BCUT2D eigenvalue weighted by Crippen LogP contribution is 2.20. The summed E-state index contributed by atoms with van der Waals surface area (Å²) in [5.41, 5.74) is 0.153. The van der Waals surface area contributed by atoms with E-state index in [0.717, 1.165) is 0 Å². The number of hydrogen-bond donors (Lipinski definition) is 2. The van der Waals surface area contributed by atoms with E-state index in [1.54, 1.807) is 12.1 Å². The fourth-order valence-corrected chi connectivity index (χ4v) is 1.18. The lowest BCUT2D eigenvalue weighted by atomic mass is 10.3. The molecule has 0 fully saturated rings. The molecule has 0 aliphatic carbocycles. The predicted octanol–water partition coefficient (Wildman–Crippen LogP) is 0.657. The van der Waals surface area contributed by atoms with Crippen LogP contribution in [0.25, 0.3) is 11.5 Å². The molecule has 0 aromatic carbocycles. The summed E-state index contributed by atoms with van der Waals surface area (Å²) in [6.45, 7) is 0.0659. The second-order valence-corrected chi connectivity index (χ2v) is 3.03. The zero-order valence-electron chi connectivity index (χ0n) is 8.34. The fourth-order valence-electron chi connectivity index (χ4n) is 1.18. The van der Waals surface area contributed by atoms with E-state index in [-0.39, 0.29) is 18.8 Å². The van der Waals surface area contributed by atoms with E-state index in [4.69, 9.17) is 14.0 Å². The number of nitrogens with zero attached hydrogens (tertiary/aromatic N) is 1. The van der Waals surface area contributed by atoms with Crippen LogP contribution in [0.3, 0.4) is 0 Å². The van der Waals surface area contributed by atoms with Crippen molar-refractivity contribution in [3.63, 3.8) is 0 Å². The number of furan rings is 1. The van der Waals surface area contributed by atoms with Gasteiger partial charge in [0.25, 0.3) is 5.91 Å². The molecule has 0 bridgehead atoms. The molecule has 0 radical (unpaired) electrons. The summed E-state index contributed by atoms with van der Waals surface area (Å²) < 4.78 is 10.0. The molecule has 16 heavy (non-hydrogen) atoms. The second kappa shape index (κ2) is 4.63. The van der Waals surface area contributed by atoms with Crippen molar-refractivity contribution in [2.45, 2.75) is 0 Å². The Kier molecular flexibility index (Phi) is 3.02. The first-order chi connectivity index (χ1) is 7.81. The van der Waals surface area contributed by atoms with Gasteiger partial charge in [0.2, 0.25) is 5.76 Å². The third-order valence-electron chi connectivity index (χ3n) is 1.90. The van der Waals surface area contributed by atoms with Gasteiger partial charge in [-0.1, -0.05) is 5.16 Å². The zero-order chi connectivity index (χ0) is 11.4. The van der Waals surface area contributed by atoms with Gasteiger partial charge >= 0.3 is 0 Å². The van der Waals surface area contributed by atoms with Crippen molar-refractivity contribution in [2.75, 3.05) is 13.2 Å². The lowest BCUT2D eigenvalue weighted by Crippen LogP contribution is -2.26. The maximum Gasteiger partial charge on any atom is 0.273 e. The number of aliphatic hydroxyl groups excluding tert-OH is 1. The Morgan fingerprint density at radius 3 is 3.06 bits per heavy atom. The minimum absolute atomic E-state index is 0.116. The third-order valence-corrected chi connectivity index (χ3v) is 1.90. The van der Waals surface area contributed by atoms with Crippen LogP contribution < -0.4 is 5.32 Å². The van der Waals surface area contributed by atoms with Gasteiger partial charge in [0, 0.05) is 12.6 Å². The summed E-state index contributed by atoms with van der Waals surface area (Å²) in [5.74, 6) is 0.503. The van der Waals surface area contributed by atoms with Crippen LogP contribution in [0, 0.1) is 0 Å². The van der Waals surface area contributed by atoms with E-state index in [9.17, 15) is 4.79 Å². The van der Waals surface area contributed by atoms with E-state index < -0.39 is 5.91 Å². The van der Waals surface area contributed by atoms with Crippen molar-refractivity contribution in [2.24, 2.45) is 0 Å². The van der Waals surface area contributed by atoms with E-state index in [1.165, 1.54) is 12.3 Å². The van der Waals surface area contributed by atoms with Crippen LogP contribution in [0.5, 0.6) is 0 Å². The fraction of sp³-hybridized carbons (Fsp3) is 0.200. The number of rotatable bonds is 4. The molecular formula is C10H10N2O4. The Hall–Kier alpha value is -2.08. The van der Waals surface area contributed by atoms with Crippen molar-refractivity contribution < 1.29 is 18.8 Å². The van der Waals surface area contributed by atoms with Crippen molar-refractivity contribution >= 4 is 5.91 Å². The quantitative estimate of drug-likeness (QED) is 0.793. The van der Waals surface area contributed by atoms with E-state index in [1.807, 2.05) is 0 Å². The summed E-state index contributed by atoms with van der Waals surface area (Å²) in [7, 11) is 0. The van der Waals surface area contributed by atoms with Gasteiger partial charge in [-0.15, -0.1) is 0 Å². The van der Waals surface area contributed by atoms with Crippen LogP contribution >= 0.6 is 0 Å². The summed E-state index contributed by atoms with van der Waals surface area (Å²) in [4.78, 5) is 11.4. The summed E-state index contributed by atoms with van der Waals surface area (Å²) >= 11 is 0. The lowest BCUT2D eigenvalue weighted by molar-refractivity contribution is 0.0936. The van der Waals surface area contributed by atoms with Gasteiger partial charge in [-0.25, -0.2) is 0 Å². The van der Waals surface area contributed by atoms with Crippen LogP contribution in [-0.4, -0.2) is 29.3 Å². The van der Waals surface area contributed by atoms with E-state index in [0.29, 0.717) is 11.5 Å². The third kappa shape index (κ3) is 2.12. The molecule has 0 spiro atoms. The van der Waals surface area contributed by atoms with Crippen molar-refractivity contribution in [3.05, 3.63) is 30.2 Å². The summed E-state index contributed by atoms with van der Waals surface area (Å²) in [5, 5.41) is 14.6. The number of aromatic nitrogens is 1. The van der Waals surface area contributed by atoms with Crippen molar-refractivity contribution in [1.82, 2.24) is 10.5 Å². The largest absolute Gasteiger partial charge is 0.461 e. The smallest absolute Gasteiger partial charge is 0.273 e. The van der Waals surface area contributed by atoms with Gasteiger partial charge in [0.15, 0.2) is 11.5 Å². The monoisotopic (exact) mass is 222 g/mol. The Morgan fingerprint density at radius 1 is 1.50 bits per heavy atom. The molecule has 6 nitrogen and oxygen atoms in total. The number of aliphatic hydroxyl groups is 1. The first kappa shape index (κ1) is 10.4. The molecule has 84 valence electrons. The molecule has 2 N–H and O–H groups in total. The normalized spacial score (nSPS) is 10.3. The first-order valence-corrected chi connectivity index (χ1v) is 4.71. The molecule has 0 saturated carbocycles. The lowest BCUT2D eigenvalue weighted by Gasteiger charge is -1.96. The first-order valence-electron chi connectivity index (χ1n) is 4.71. The van der Waals surface area contributed by atoms with Crippen molar-refractivity contribution in [1.29, 1.82) is 0 Å². The average molecular weight is 222 g/mol. The Labute approximate surface area is 90.8 Å². The average Bonchev–Trinajstić information content (AvgIpc) is 2.94. The molecule has 0 aliphatic rings. The molecule has 6 heteroatoms. The standard InChI is InChI=1S/C10H10N2O4/c13-4-3-11-10(14)7-6-9(16-12-7)8-2-1-5-15-8/h1-2,5-6,13H,3-4H2,(H,11,14). The van der Waals surface area contributed by atoms with Crippen LogP contribution in [0.15, 0.2) is 33.4 Å². The highest BCUT2D eigenvalue weighted by Gasteiger charge is 2.14. The Bertz CT molecular complexity index is 461. The molecule has 2 rings (SSSR count). The SMILES string of the molecule is O=C(NCCO)c1cc(-c2ccco2)on1. The highest BCUT2D eigenvalue weighted by molar-refractivity contribution is 5.92. The molecule has 1 amide bonds. The molecule has 2 aromatic heterocycles. The van der Waals surface area contributed by atoms with Gasteiger partial charge in [-0.05, 0) is 12.1 Å². The zero-order valence-corrected chi connectivity index (χ0v) is 8.34. The molecule has 2 heterocycles. The van der Waals surface area contributed by atoms with Gasteiger partial charge in [-0.2, -0.15) is 0 Å². The van der Waals surface area contributed by atoms with Gasteiger partial charge in [-0.3, -0.25) is 4.79 Å². The molecule has 0 unspecified atom stereocenters. The van der Waals surface area contributed by atoms with Crippen LogP contribution in [0.1, 0.15) is 10.5 Å². The molecule has 0 atom stereocenters. The topological polar surface area (TPSA) is 88.5 Å². The van der Waals surface area contributed by atoms with Gasteiger partial charge in [0.1, 0.15) is 0 Å². The number of carbonyl (C=O) groups is 1. The maximum atomic E-state index is 11.4. The van der Waals surface area contributed by atoms with E-state index >= 15 is 0 Å². The molecule has 0 saturated heterocycles. The number of carbonyl (C=O) groups excluding carboxylic acids is 1. The van der Waals surface area contributed by atoms with Crippen LogP contribution in [0.4, 0.5) is 0 Å². The van der Waals surface area contributed by atoms with E-state index in [2.05, 4.69) is 10.5 Å². The van der Waals surface area contributed by atoms with Gasteiger partial charge < -0.3 is 19.4 Å². The maximum absolute atomic E-state index is 11.4. The van der Waals surface area contributed by atoms with Crippen LogP contribution in [0.2, 0.25) is 0 Å².